The Balaban J connectivity index is 3.13. The van der Waals surface area contributed by atoms with Gasteiger partial charge in [-0.3, -0.25) is 0 Å². The SMILES string of the molecule is CCc1ccc[c]([SbH2])c1CC. The van der Waals surface area contributed by atoms with Crippen molar-refractivity contribution in [1.29, 1.82) is 0 Å². The number of benzene rings is 1. The first-order chi connectivity index (χ1) is 5.29. The van der Waals surface area contributed by atoms with Crippen LogP contribution in [0, 0.1) is 0 Å². The van der Waals surface area contributed by atoms with Gasteiger partial charge >= 0.3 is 82.5 Å². The van der Waals surface area contributed by atoms with Crippen molar-refractivity contribution < 1.29 is 0 Å². The summed E-state index contributed by atoms with van der Waals surface area (Å²) in [6.45, 7) is 4.48. The summed E-state index contributed by atoms with van der Waals surface area (Å²) >= 11 is 1.25. The third kappa shape index (κ3) is 1.99. The molecular formula is C10H15Sb. The first-order valence-corrected chi connectivity index (χ1v) is 5.80. The van der Waals surface area contributed by atoms with Crippen molar-refractivity contribution >= 4 is 26.5 Å². The summed E-state index contributed by atoms with van der Waals surface area (Å²) in [7, 11) is 0. The van der Waals surface area contributed by atoms with Crippen LogP contribution in [-0.4, -0.2) is 23.0 Å². The summed E-state index contributed by atoms with van der Waals surface area (Å²) in [4.78, 5) is 0. The Labute approximate surface area is 82.5 Å². The van der Waals surface area contributed by atoms with Crippen LogP contribution in [0.3, 0.4) is 0 Å². The van der Waals surface area contributed by atoms with Crippen LogP contribution in [0.4, 0.5) is 0 Å². The van der Waals surface area contributed by atoms with E-state index in [1.807, 2.05) is 0 Å². The van der Waals surface area contributed by atoms with Crippen molar-refractivity contribution in [2.24, 2.45) is 0 Å². The quantitative estimate of drug-likeness (QED) is 0.695. The van der Waals surface area contributed by atoms with E-state index < -0.39 is 0 Å². The molecule has 0 fully saturated rings. The Morgan fingerprint density at radius 2 is 1.91 bits per heavy atom. The molecule has 0 aromatic heterocycles. The van der Waals surface area contributed by atoms with Gasteiger partial charge in [-0.15, -0.1) is 0 Å². The number of hydrogen-bond donors (Lipinski definition) is 0. The van der Waals surface area contributed by atoms with Crippen molar-refractivity contribution in [3.63, 3.8) is 0 Å². The van der Waals surface area contributed by atoms with Gasteiger partial charge in [-0.1, -0.05) is 0 Å². The third-order valence-corrected chi connectivity index (χ3v) is 3.59. The van der Waals surface area contributed by atoms with Crippen molar-refractivity contribution in [3.05, 3.63) is 29.3 Å². The zero-order chi connectivity index (χ0) is 8.27. The second-order valence-corrected chi connectivity index (χ2v) is 4.47. The molecule has 0 aliphatic carbocycles. The molecule has 0 spiro atoms. The van der Waals surface area contributed by atoms with Crippen molar-refractivity contribution in [3.8, 4) is 0 Å². The Morgan fingerprint density at radius 1 is 1.18 bits per heavy atom. The molecule has 11 heavy (non-hydrogen) atoms. The number of rotatable bonds is 2. The van der Waals surface area contributed by atoms with Crippen molar-refractivity contribution in [2.75, 3.05) is 0 Å². The minimum atomic E-state index is 1.18. The molecule has 0 aliphatic rings. The molecule has 0 bridgehead atoms. The van der Waals surface area contributed by atoms with Crippen molar-refractivity contribution in [2.45, 2.75) is 26.7 Å². The van der Waals surface area contributed by atoms with Crippen LogP contribution < -0.4 is 3.51 Å². The maximum absolute atomic E-state index is 2.25. The zero-order valence-corrected chi connectivity index (χ0v) is 10.5. The molecule has 0 radical (unpaired) electrons. The van der Waals surface area contributed by atoms with Gasteiger partial charge in [0.2, 0.25) is 0 Å². The van der Waals surface area contributed by atoms with E-state index in [4.69, 9.17) is 0 Å². The fourth-order valence-electron chi connectivity index (χ4n) is 1.42. The van der Waals surface area contributed by atoms with Crippen LogP contribution in [-0.2, 0) is 12.8 Å². The molecule has 0 unspecified atom stereocenters. The molecule has 0 atom stereocenters. The summed E-state index contributed by atoms with van der Waals surface area (Å²) in [6.07, 6.45) is 2.37. The average Bonchev–Trinajstić information content (AvgIpc) is 2.04. The molecule has 0 aliphatic heterocycles. The fraction of sp³-hybridized carbons (Fsp3) is 0.400. The predicted molar refractivity (Wildman–Crippen MR) is 53.4 cm³/mol. The molecular weight excluding hydrogens is 242 g/mol. The van der Waals surface area contributed by atoms with Crippen LogP contribution in [0.25, 0.3) is 0 Å². The summed E-state index contributed by atoms with van der Waals surface area (Å²) in [6, 6.07) is 6.68. The Bertz CT molecular complexity index is 241. The molecule has 60 valence electrons. The molecule has 0 nitrogen and oxygen atoms in total. The van der Waals surface area contributed by atoms with Crippen LogP contribution in [0.15, 0.2) is 18.2 Å². The van der Waals surface area contributed by atoms with E-state index in [1.165, 1.54) is 41.4 Å². The first kappa shape index (κ1) is 9.13. The molecule has 1 aromatic rings. The van der Waals surface area contributed by atoms with Gasteiger partial charge in [-0.05, 0) is 0 Å². The first-order valence-electron chi connectivity index (χ1n) is 4.15. The van der Waals surface area contributed by atoms with Crippen LogP contribution in [0.2, 0.25) is 0 Å². The fourth-order valence-corrected chi connectivity index (χ4v) is 2.85. The summed E-state index contributed by atoms with van der Waals surface area (Å²) < 4.78 is 1.57. The van der Waals surface area contributed by atoms with E-state index in [1.54, 1.807) is 9.07 Å². The maximum atomic E-state index is 2.25. The third-order valence-electron chi connectivity index (χ3n) is 2.04. The Kier molecular flexibility index (Phi) is 3.45. The van der Waals surface area contributed by atoms with Gasteiger partial charge in [-0.25, -0.2) is 0 Å². The van der Waals surface area contributed by atoms with Gasteiger partial charge in [0.25, 0.3) is 0 Å². The topological polar surface area (TPSA) is 0 Å². The molecule has 1 aromatic carbocycles. The molecule has 0 saturated carbocycles. The summed E-state index contributed by atoms with van der Waals surface area (Å²) in [5, 5.41) is 0. The van der Waals surface area contributed by atoms with Gasteiger partial charge in [0, 0.05) is 0 Å². The standard InChI is InChI=1S/C10H13.Sb.2H/c1-3-9-7-5-6-8-10(9)4-2;;;/h5-7H,3-4H2,1-2H3;;;. The van der Waals surface area contributed by atoms with Gasteiger partial charge in [0.05, 0.1) is 0 Å². The van der Waals surface area contributed by atoms with Crippen molar-refractivity contribution in [1.82, 2.24) is 0 Å². The van der Waals surface area contributed by atoms with Gasteiger partial charge in [0.15, 0.2) is 0 Å². The average molecular weight is 257 g/mol. The van der Waals surface area contributed by atoms with Gasteiger partial charge in [-0.2, -0.15) is 0 Å². The number of aryl methyl sites for hydroxylation is 1. The molecule has 0 heterocycles. The Hall–Kier alpha value is 0.0382. The minimum absolute atomic E-state index is 1.18. The second-order valence-electron chi connectivity index (χ2n) is 2.69. The second kappa shape index (κ2) is 4.16. The Morgan fingerprint density at radius 3 is 2.36 bits per heavy atom. The van der Waals surface area contributed by atoms with Crippen LogP contribution >= 0.6 is 0 Å². The van der Waals surface area contributed by atoms with Crippen LogP contribution in [0.5, 0.6) is 0 Å². The summed E-state index contributed by atoms with van der Waals surface area (Å²) in [5.74, 6) is 0. The zero-order valence-electron chi connectivity index (χ0n) is 7.22. The predicted octanol–water partition coefficient (Wildman–Crippen LogP) is 1.07. The molecule has 0 saturated heterocycles. The normalized spacial score (nSPS) is 10.1. The summed E-state index contributed by atoms with van der Waals surface area (Å²) in [5.41, 5.74) is 3.13. The van der Waals surface area contributed by atoms with Crippen LogP contribution in [0.1, 0.15) is 25.0 Å². The molecule has 1 heteroatoms. The molecule has 0 N–H and O–H groups in total. The van der Waals surface area contributed by atoms with E-state index >= 15 is 0 Å². The van der Waals surface area contributed by atoms with E-state index in [0.29, 0.717) is 0 Å². The molecule has 0 amide bonds. The van der Waals surface area contributed by atoms with Gasteiger partial charge < -0.3 is 0 Å². The number of hydrogen-bond acceptors (Lipinski definition) is 0. The van der Waals surface area contributed by atoms with E-state index in [2.05, 4.69) is 32.0 Å². The monoisotopic (exact) mass is 256 g/mol. The van der Waals surface area contributed by atoms with Gasteiger partial charge in [0.1, 0.15) is 0 Å². The van der Waals surface area contributed by atoms with E-state index in [0.717, 1.165) is 0 Å². The van der Waals surface area contributed by atoms with E-state index in [9.17, 15) is 0 Å². The van der Waals surface area contributed by atoms with E-state index in [-0.39, 0.29) is 0 Å². The molecule has 1 rings (SSSR count).